The van der Waals surface area contributed by atoms with Crippen molar-refractivity contribution in [3.8, 4) is 0 Å². The van der Waals surface area contributed by atoms with E-state index >= 15 is 0 Å². The molecule has 1 aromatic heterocycles. The molecule has 0 bridgehead atoms. The summed E-state index contributed by atoms with van der Waals surface area (Å²) in [6.45, 7) is 2.43. The Labute approximate surface area is 108 Å². The van der Waals surface area contributed by atoms with Crippen LogP contribution in [0.1, 0.15) is 12.1 Å². The summed E-state index contributed by atoms with van der Waals surface area (Å²) in [7, 11) is 4.11. The zero-order valence-electron chi connectivity index (χ0n) is 11.1. The Morgan fingerprint density at radius 2 is 2.33 bits per heavy atom. The van der Waals surface area contributed by atoms with E-state index in [0.29, 0.717) is 6.04 Å². The lowest BCUT2D eigenvalue weighted by Gasteiger charge is -2.26. The lowest BCUT2D eigenvalue weighted by atomic mass is 10.2. The van der Waals surface area contributed by atoms with Crippen molar-refractivity contribution in [2.45, 2.75) is 25.1 Å². The summed E-state index contributed by atoms with van der Waals surface area (Å²) >= 11 is 0. The molecule has 1 aliphatic heterocycles. The van der Waals surface area contributed by atoms with Gasteiger partial charge in [-0.1, -0.05) is 0 Å². The normalized spacial score (nSPS) is 24.9. The molecule has 1 aliphatic rings. The maximum atomic E-state index is 9.81. The zero-order chi connectivity index (χ0) is 13.1. The highest BCUT2D eigenvalue weighted by Gasteiger charge is 2.31. The summed E-state index contributed by atoms with van der Waals surface area (Å²) in [6, 6.07) is 4.08. The van der Waals surface area contributed by atoms with E-state index in [1.54, 1.807) is 12.3 Å². The molecule has 2 atom stereocenters. The summed E-state index contributed by atoms with van der Waals surface area (Å²) in [5.74, 6) is 0. The second kappa shape index (κ2) is 5.65. The first-order valence-corrected chi connectivity index (χ1v) is 6.32. The zero-order valence-corrected chi connectivity index (χ0v) is 11.1. The molecule has 18 heavy (non-hydrogen) atoms. The highest BCUT2D eigenvalue weighted by molar-refractivity contribution is 5.37. The van der Waals surface area contributed by atoms with Crippen molar-refractivity contribution in [2.24, 2.45) is 0 Å². The minimum absolute atomic E-state index is 0.226. The van der Waals surface area contributed by atoms with Crippen molar-refractivity contribution in [2.75, 3.05) is 32.9 Å². The summed E-state index contributed by atoms with van der Waals surface area (Å²) < 4.78 is 0. The van der Waals surface area contributed by atoms with Crippen LogP contribution in [0.15, 0.2) is 18.3 Å². The van der Waals surface area contributed by atoms with Crippen molar-refractivity contribution >= 4 is 5.69 Å². The van der Waals surface area contributed by atoms with E-state index < -0.39 is 0 Å². The maximum Gasteiger partial charge on any atom is 0.0682 e. The molecule has 2 unspecified atom stereocenters. The fourth-order valence-corrected chi connectivity index (χ4v) is 2.55. The molecule has 0 saturated carbocycles. The van der Waals surface area contributed by atoms with Crippen LogP contribution in [-0.2, 0) is 6.54 Å². The first kappa shape index (κ1) is 13.3. The number of nitrogens with two attached hydrogens (primary N) is 1. The molecule has 5 heteroatoms. The average molecular weight is 250 g/mol. The van der Waals surface area contributed by atoms with Crippen LogP contribution in [0, 0.1) is 0 Å². The quantitative estimate of drug-likeness (QED) is 0.797. The van der Waals surface area contributed by atoms with Gasteiger partial charge in [0.15, 0.2) is 0 Å². The molecule has 100 valence electrons. The molecule has 3 N–H and O–H groups in total. The molecule has 1 aromatic rings. The van der Waals surface area contributed by atoms with E-state index in [4.69, 9.17) is 5.73 Å². The van der Waals surface area contributed by atoms with Gasteiger partial charge in [-0.05, 0) is 32.6 Å². The van der Waals surface area contributed by atoms with Crippen molar-refractivity contribution in [3.63, 3.8) is 0 Å². The molecule has 0 aromatic carbocycles. The van der Waals surface area contributed by atoms with E-state index in [0.717, 1.165) is 37.4 Å². The van der Waals surface area contributed by atoms with E-state index in [2.05, 4.69) is 28.9 Å². The maximum absolute atomic E-state index is 9.81. The van der Waals surface area contributed by atoms with Crippen LogP contribution in [0.25, 0.3) is 0 Å². The van der Waals surface area contributed by atoms with E-state index in [-0.39, 0.29) is 6.10 Å². The predicted octanol–water partition coefficient (Wildman–Crippen LogP) is 0.161. The number of β-amino-alcohol motifs (C(OH)–C–C–N with tert-alkyl or cyclic N) is 1. The van der Waals surface area contributed by atoms with Crippen LogP contribution in [0.5, 0.6) is 0 Å². The first-order chi connectivity index (χ1) is 8.54. The fraction of sp³-hybridized carbons (Fsp3) is 0.615. The smallest absolute Gasteiger partial charge is 0.0682 e. The van der Waals surface area contributed by atoms with Gasteiger partial charge in [0.2, 0.25) is 0 Å². The molecule has 1 fully saturated rings. The number of likely N-dealkylation sites (N-methyl/N-ethyl adjacent to an activating group) is 1. The fourth-order valence-electron chi connectivity index (χ4n) is 2.55. The van der Waals surface area contributed by atoms with Gasteiger partial charge in [-0.25, -0.2) is 0 Å². The molecular weight excluding hydrogens is 228 g/mol. The van der Waals surface area contributed by atoms with E-state index in [1.165, 1.54) is 0 Å². The van der Waals surface area contributed by atoms with Crippen molar-refractivity contribution in [1.29, 1.82) is 0 Å². The summed E-state index contributed by atoms with van der Waals surface area (Å²) in [5.41, 5.74) is 7.46. The van der Waals surface area contributed by atoms with Crippen molar-refractivity contribution < 1.29 is 5.11 Å². The molecule has 2 rings (SSSR count). The van der Waals surface area contributed by atoms with Gasteiger partial charge >= 0.3 is 0 Å². The Morgan fingerprint density at radius 3 is 3.00 bits per heavy atom. The number of anilines is 1. The monoisotopic (exact) mass is 250 g/mol. The Kier molecular flexibility index (Phi) is 4.16. The molecule has 0 spiro atoms. The third kappa shape index (κ3) is 3.41. The number of hydrogen-bond acceptors (Lipinski definition) is 5. The largest absolute Gasteiger partial charge is 0.399 e. The van der Waals surface area contributed by atoms with Gasteiger partial charge in [-0.2, -0.15) is 0 Å². The number of hydrogen-bond donors (Lipinski definition) is 2. The number of nitrogen functional groups attached to an aromatic ring is 1. The first-order valence-electron chi connectivity index (χ1n) is 6.32. The lowest BCUT2D eigenvalue weighted by molar-refractivity contribution is 0.168. The summed E-state index contributed by atoms with van der Waals surface area (Å²) in [4.78, 5) is 8.76. The number of rotatable bonds is 4. The molecule has 2 heterocycles. The summed E-state index contributed by atoms with van der Waals surface area (Å²) in [5, 5.41) is 9.81. The standard InChI is InChI=1S/C13H22N4O/c1-16(2)8-12-6-13(18)9-17(12)7-11-5-10(14)3-4-15-11/h3-5,12-13,18H,6-9H2,1-2H3,(H2,14,15). The van der Waals surface area contributed by atoms with Crippen molar-refractivity contribution in [1.82, 2.24) is 14.8 Å². The van der Waals surface area contributed by atoms with Gasteiger partial charge in [0.1, 0.15) is 0 Å². The number of nitrogens with zero attached hydrogens (tertiary/aromatic N) is 3. The van der Waals surface area contributed by atoms with Crippen LogP contribution in [0.3, 0.4) is 0 Å². The van der Waals surface area contributed by atoms with Crippen LogP contribution in [0.2, 0.25) is 0 Å². The van der Waals surface area contributed by atoms with E-state index in [9.17, 15) is 5.11 Å². The van der Waals surface area contributed by atoms with Gasteiger partial charge < -0.3 is 15.7 Å². The van der Waals surface area contributed by atoms with Crippen LogP contribution in [0.4, 0.5) is 5.69 Å². The highest BCUT2D eigenvalue weighted by atomic mass is 16.3. The third-order valence-electron chi connectivity index (χ3n) is 3.29. The molecule has 0 radical (unpaired) electrons. The Bertz CT molecular complexity index is 396. The third-order valence-corrected chi connectivity index (χ3v) is 3.29. The molecule has 1 saturated heterocycles. The molecular formula is C13H22N4O. The molecule has 0 amide bonds. The highest BCUT2D eigenvalue weighted by Crippen LogP contribution is 2.21. The molecule has 0 aliphatic carbocycles. The van der Waals surface area contributed by atoms with Crippen molar-refractivity contribution in [3.05, 3.63) is 24.0 Å². The predicted molar refractivity (Wildman–Crippen MR) is 72.0 cm³/mol. The number of likely N-dealkylation sites (tertiary alicyclic amines) is 1. The minimum Gasteiger partial charge on any atom is -0.399 e. The Morgan fingerprint density at radius 1 is 1.56 bits per heavy atom. The number of aliphatic hydroxyl groups is 1. The topological polar surface area (TPSA) is 65.6 Å². The van der Waals surface area contributed by atoms with Gasteiger partial charge in [0, 0.05) is 37.6 Å². The van der Waals surface area contributed by atoms with Crippen LogP contribution in [-0.4, -0.2) is 59.2 Å². The van der Waals surface area contributed by atoms with Gasteiger partial charge in [0.05, 0.1) is 11.8 Å². The van der Waals surface area contributed by atoms with Gasteiger partial charge in [-0.3, -0.25) is 9.88 Å². The number of pyridine rings is 1. The van der Waals surface area contributed by atoms with Gasteiger partial charge in [-0.15, -0.1) is 0 Å². The van der Waals surface area contributed by atoms with Crippen LogP contribution < -0.4 is 5.73 Å². The van der Waals surface area contributed by atoms with E-state index in [1.807, 2.05) is 6.07 Å². The second-order valence-electron chi connectivity index (χ2n) is 5.32. The van der Waals surface area contributed by atoms with Crippen LogP contribution >= 0.6 is 0 Å². The second-order valence-corrected chi connectivity index (χ2v) is 5.32. The Balaban J connectivity index is 2.02. The summed E-state index contributed by atoms with van der Waals surface area (Å²) in [6.07, 6.45) is 2.34. The number of aliphatic hydroxyl groups excluding tert-OH is 1. The lowest BCUT2D eigenvalue weighted by Crippen LogP contribution is -2.37. The SMILES string of the molecule is CN(C)CC1CC(O)CN1Cc1cc(N)ccn1. The molecule has 5 nitrogen and oxygen atoms in total. The van der Waals surface area contributed by atoms with Gasteiger partial charge in [0.25, 0.3) is 0 Å². The minimum atomic E-state index is -0.226. The Hall–Kier alpha value is -1.17. The average Bonchev–Trinajstić information content (AvgIpc) is 2.58. The number of aromatic nitrogens is 1.